The highest BCUT2D eigenvalue weighted by molar-refractivity contribution is 4.97. The molecule has 3 heteroatoms. The van der Waals surface area contributed by atoms with Crippen LogP contribution in [-0.4, -0.2) is 36.6 Å². The van der Waals surface area contributed by atoms with E-state index in [0.717, 1.165) is 38.7 Å². The summed E-state index contributed by atoms with van der Waals surface area (Å²) in [6.07, 6.45) is 10.1. The Kier molecular flexibility index (Phi) is 5.01. The largest absolute Gasteiger partial charge is 0.396 e. The maximum absolute atomic E-state index is 8.90. The van der Waals surface area contributed by atoms with Crippen LogP contribution in [0.5, 0.6) is 0 Å². The topological polar surface area (TPSA) is 38.7 Å². The van der Waals surface area contributed by atoms with Gasteiger partial charge in [-0.2, -0.15) is 0 Å². The van der Waals surface area contributed by atoms with Gasteiger partial charge in [-0.3, -0.25) is 0 Å². The number of fused-ring (bicyclic) bond motifs is 1. The number of ether oxygens (including phenoxy) is 2. The van der Waals surface area contributed by atoms with Gasteiger partial charge in [-0.05, 0) is 38.0 Å². The van der Waals surface area contributed by atoms with Gasteiger partial charge in [-0.1, -0.05) is 19.1 Å². The Morgan fingerprint density at radius 2 is 2.18 bits per heavy atom. The van der Waals surface area contributed by atoms with Crippen LogP contribution in [0.25, 0.3) is 0 Å². The molecule has 98 valence electrons. The normalized spacial score (nSPS) is 38.2. The monoisotopic (exact) mass is 240 g/mol. The van der Waals surface area contributed by atoms with Crippen molar-refractivity contribution in [3.63, 3.8) is 0 Å². The van der Waals surface area contributed by atoms with Gasteiger partial charge < -0.3 is 14.6 Å². The molecule has 2 aliphatic rings. The Hall–Kier alpha value is -0.380. The molecule has 2 heterocycles. The molecule has 0 amide bonds. The van der Waals surface area contributed by atoms with Crippen molar-refractivity contribution in [3.05, 3.63) is 12.2 Å². The quantitative estimate of drug-likeness (QED) is 0.769. The van der Waals surface area contributed by atoms with Gasteiger partial charge in [0.1, 0.15) is 0 Å². The molecule has 1 saturated heterocycles. The Morgan fingerprint density at radius 1 is 1.29 bits per heavy atom. The molecule has 1 N–H and O–H groups in total. The summed E-state index contributed by atoms with van der Waals surface area (Å²) in [5.41, 5.74) is 0. The van der Waals surface area contributed by atoms with E-state index in [0.29, 0.717) is 5.92 Å². The van der Waals surface area contributed by atoms with E-state index in [1.54, 1.807) is 0 Å². The van der Waals surface area contributed by atoms with Gasteiger partial charge in [-0.15, -0.1) is 0 Å². The Bertz CT molecular complexity index is 252. The molecule has 1 fully saturated rings. The highest BCUT2D eigenvalue weighted by Gasteiger charge is 2.30. The van der Waals surface area contributed by atoms with E-state index >= 15 is 0 Å². The number of allylic oxidation sites excluding steroid dienone is 1. The van der Waals surface area contributed by atoms with Crippen molar-refractivity contribution >= 4 is 0 Å². The van der Waals surface area contributed by atoms with Crippen molar-refractivity contribution in [2.45, 2.75) is 57.3 Å². The van der Waals surface area contributed by atoms with E-state index in [9.17, 15) is 0 Å². The Labute approximate surface area is 104 Å². The van der Waals surface area contributed by atoms with Crippen LogP contribution in [0.4, 0.5) is 0 Å². The smallest absolute Gasteiger partial charge is 0.0845 e. The number of hydrogen-bond donors (Lipinski definition) is 1. The summed E-state index contributed by atoms with van der Waals surface area (Å²) < 4.78 is 12.0. The summed E-state index contributed by atoms with van der Waals surface area (Å²) in [4.78, 5) is 0. The fraction of sp³-hybridized carbons (Fsp3) is 0.857. The zero-order chi connectivity index (χ0) is 12.1. The second-order valence-corrected chi connectivity index (χ2v) is 5.23. The molecule has 0 spiro atoms. The average molecular weight is 240 g/mol. The minimum atomic E-state index is 0.152. The summed E-state index contributed by atoms with van der Waals surface area (Å²) in [5.74, 6) is 0.557. The molecule has 3 nitrogen and oxygen atoms in total. The molecule has 2 aliphatic heterocycles. The van der Waals surface area contributed by atoms with E-state index in [-0.39, 0.29) is 24.9 Å². The molecule has 0 aromatic heterocycles. The Balaban J connectivity index is 1.99. The fourth-order valence-corrected chi connectivity index (χ4v) is 2.67. The highest BCUT2D eigenvalue weighted by atomic mass is 16.5. The van der Waals surface area contributed by atoms with Crippen molar-refractivity contribution in [1.29, 1.82) is 0 Å². The van der Waals surface area contributed by atoms with E-state index in [4.69, 9.17) is 14.6 Å². The molecule has 0 aliphatic carbocycles. The first-order chi connectivity index (χ1) is 8.29. The number of rotatable bonds is 3. The molecule has 17 heavy (non-hydrogen) atoms. The highest BCUT2D eigenvalue weighted by Crippen LogP contribution is 2.27. The van der Waals surface area contributed by atoms with Crippen molar-refractivity contribution in [3.8, 4) is 0 Å². The summed E-state index contributed by atoms with van der Waals surface area (Å²) in [7, 11) is 0. The summed E-state index contributed by atoms with van der Waals surface area (Å²) in [6.45, 7) is 3.36. The van der Waals surface area contributed by atoms with Gasteiger partial charge >= 0.3 is 0 Å². The van der Waals surface area contributed by atoms with Crippen LogP contribution in [0.15, 0.2) is 12.2 Å². The van der Waals surface area contributed by atoms with Gasteiger partial charge in [-0.25, -0.2) is 0 Å². The zero-order valence-electron chi connectivity index (χ0n) is 10.7. The van der Waals surface area contributed by atoms with Crippen LogP contribution in [0, 0.1) is 5.92 Å². The van der Waals surface area contributed by atoms with Crippen LogP contribution in [0.1, 0.15) is 39.0 Å². The third-order valence-electron chi connectivity index (χ3n) is 3.63. The van der Waals surface area contributed by atoms with Gasteiger partial charge in [0.2, 0.25) is 0 Å². The summed E-state index contributed by atoms with van der Waals surface area (Å²) >= 11 is 0. The van der Waals surface area contributed by atoms with Crippen LogP contribution < -0.4 is 0 Å². The van der Waals surface area contributed by atoms with Crippen molar-refractivity contribution in [2.75, 3.05) is 13.2 Å². The molecule has 0 bridgehead atoms. The lowest BCUT2D eigenvalue weighted by molar-refractivity contribution is -0.129. The van der Waals surface area contributed by atoms with E-state index in [1.165, 1.54) is 0 Å². The first-order valence-electron chi connectivity index (χ1n) is 6.86. The molecular weight excluding hydrogens is 216 g/mol. The predicted molar refractivity (Wildman–Crippen MR) is 66.9 cm³/mol. The molecule has 0 aromatic rings. The van der Waals surface area contributed by atoms with Crippen molar-refractivity contribution in [2.24, 2.45) is 5.92 Å². The average Bonchev–Trinajstić information content (AvgIpc) is 2.32. The van der Waals surface area contributed by atoms with Crippen molar-refractivity contribution < 1.29 is 14.6 Å². The molecule has 4 atom stereocenters. The minimum Gasteiger partial charge on any atom is -0.396 e. The number of aliphatic hydroxyl groups is 1. The lowest BCUT2D eigenvalue weighted by Crippen LogP contribution is -2.40. The zero-order valence-corrected chi connectivity index (χ0v) is 10.7. The van der Waals surface area contributed by atoms with Crippen LogP contribution in [-0.2, 0) is 9.47 Å². The molecule has 2 rings (SSSR count). The second kappa shape index (κ2) is 6.53. The fourth-order valence-electron chi connectivity index (χ4n) is 2.67. The van der Waals surface area contributed by atoms with E-state index < -0.39 is 0 Å². The van der Waals surface area contributed by atoms with E-state index in [2.05, 4.69) is 19.1 Å². The molecule has 0 radical (unpaired) electrons. The summed E-state index contributed by atoms with van der Waals surface area (Å²) in [5, 5.41) is 8.90. The minimum absolute atomic E-state index is 0.152. The summed E-state index contributed by atoms with van der Waals surface area (Å²) in [6, 6.07) is 0. The number of hydrogen-bond acceptors (Lipinski definition) is 3. The van der Waals surface area contributed by atoms with Gasteiger partial charge in [0.25, 0.3) is 0 Å². The first kappa shape index (κ1) is 13.1. The predicted octanol–water partition coefficient (Wildman–Crippen LogP) is 2.29. The van der Waals surface area contributed by atoms with Crippen LogP contribution in [0.2, 0.25) is 0 Å². The SMILES string of the molecule is C[C@H]1C=C[C@@H](CCCO)O[C@H]2CCCO[C@@H]2C1. The van der Waals surface area contributed by atoms with Crippen LogP contribution in [0.3, 0.4) is 0 Å². The van der Waals surface area contributed by atoms with Crippen molar-refractivity contribution in [1.82, 2.24) is 0 Å². The molecule has 0 unspecified atom stereocenters. The van der Waals surface area contributed by atoms with Gasteiger partial charge in [0.15, 0.2) is 0 Å². The maximum atomic E-state index is 8.90. The third kappa shape index (κ3) is 3.80. The van der Waals surface area contributed by atoms with Gasteiger partial charge in [0, 0.05) is 13.2 Å². The third-order valence-corrected chi connectivity index (χ3v) is 3.63. The van der Waals surface area contributed by atoms with E-state index in [1.807, 2.05) is 0 Å². The maximum Gasteiger partial charge on any atom is 0.0845 e. The second-order valence-electron chi connectivity index (χ2n) is 5.23. The molecule has 0 aromatic carbocycles. The van der Waals surface area contributed by atoms with Gasteiger partial charge in [0.05, 0.1) is 18.3 Å². The standard InChI is InChI=1S/C14H24O3/c1-11-6-7-12(4-2-8-15)17-13-5-3-9-16-14(13)10-11/h6-7,11-15H,2-5,8-10H2,1H3/t11-,12+,13-,14+/m0/s1. The number of aliphatic hydroxyl groups excluding tert-OH is 1. The van der Waals surface area contributed by atoms with Crippen LogP contribution >= 0.6 is 0 Å². The lowest BCUT2D eigenvalue weighted by Gasteiger charge is -2.36. The first-order valence-corrected chi connectivity index (χ1v) is 6.86. The molecule has 0 saturated carbocycles. The molecular formula is C14H24O3. The lowest BCUT2D eigenvalue weighted by atomic mass is 9.93. The Morgan fingerprint density at radius 3 is 3.00 bits per heavy atom.